The van der Waals surface area contributed by atoms with Crippen LogP contribution in [0.15, 0.2) is 58.8 Å². The SMILES string of the molecule is C/C(=N/OCC(=O)N/N=C/c1ccc2c(c1)OCO2)c1ccccc1. The smallest absolute Gasteiger partial charge is 0.280 e. The minimum Gasteiger partial charge on any atom is -0.454 e. The monoisotopic (exact) mass is 339 g/mol. The van der Waals surface area contributed by atoms with Gasteiger partial charge in [0.1, 0.15) is 0 Å². The first-order chi connectivity index (χ1) is 12.2. The molecule has 0 saturated heterocycles. The van der Waals surface area contributed by atoms with Crippen molar-refractivity contribution >= 4 is 17.8 Å². The second-order valence-electron chi connectivity index (χ2n) is 5.22. The number of carbonyl (C=O) groups is 1. The third kappa shape index (κ3) is 4.57. The molecule has 7 heteroatoms. The zero-order chi connectivity index (χ0) is 17.5. The average molecular weight is 339 g/mol. The molecule has 0 saturated carbocycles. The van der Waals surface area contributed by atoms with E-state index in [2.05, 4.69) is 15.7 Å². The maximum atomic E-state index is 11.7. The molecule has 1 N–H and O–H groups in total. The van der Waals surface area contributed by atoms with Crippen molar-refractivity contribution in [2.24, 2.45) is 10.3 Å². The molecule has 128 valence electrons. The molecule has 0 unspecified atom stereocenters. The first-order valence-electron chi connectivity index (χ1n) is 7.66. The number of hydrogen-bond donors (Lipinski definition) is 1. The van der Waals surface area contributed by atoms with Crippen LogP contribution in [0.5, 0.6) is 11.5 Å². The molecule has 2 aromatic rings. The van der Waals surface area contributed by atoms with E-state index < -0.39 is 5.91 Å². The molecule has 7 nitrogen and oxygen atoms in total. The number of fused-ring (bicyclic) bond motifs is 1. The Bertz CT molecular complexity index is 803. The van der Waals surface area contributed by atoms with E-state index in [1.54, 1.807) is 12.1 Å². The van der Waals surface area contributed by atoms with E-state index in [1.165, 1.54) is 6.21 Å². The van der Waals surface area contributed by atoms with E-state index in [9.17, 15) is 4.79 Å². The summed E-state index contributed by atoms with van der Waals surface area (Å²) in [4.78, 5) is 16.7. The largest absolute Gasteiger partial charge is 0.454 e. The van der Waals surface area contributed by atoms with Gasteiger partial charge in [0.05, 0.1) is 11.9 Å². The summed E-state index contributed by atoms with van der Waals surface area (Å²) in [5.41, 5.74) is 4.78. The lowest BCUT2D eigenvalue weighted by molar-refractivity contribution is -0.125. The number of rotatable bonds is 6. The summed E-state index contributed by atoms with van der Waals surface area (Å²) in [6, 6.07) is 14.9. The minimum atomic E-state index is -0.401. The van der Waals surface area contributed by atoms with Gasteiger partial charge in [-0.05, 0) is 36.2 Å². The predicted octanol–water partition coefficient (Wildman–Crippen LogP) is 2.31. The van der Waals surface area contributed by atoms with Crippen molar-refractivity contribution < 1.29 is 19.1 Å². The Morgan fingerprint density at radius 2 is 2.00 bits per heavy atom. The van der Waals surface area contributed by atoms with Gasteiger partial charge in [-0.3, -0.25) is 4.79 Å². The van der Waals surface area contributed by atoms with Crippen LogP contribution in [0, 0.1) is 0 Å². The van der Waals surface area contributed by atoms with E-state index in [1.807, 2.05) is 43.3 Å². The third-order valence-electron chi connectivity index (χ3n) is 3.39. The Morgan fingerprint density at radius 1 is 1.20 bits per heavy atom. The topological polar surface area (TPSA) is 81.5 Å². The van der Waals surface area contributed by atoms with Crippen LogP contribution in [0.4, 0.5) is 0 Å². The summed E-state index contributed by atoms with van der Waals surface area (Å²) in [5.74, 6) is 0.951. The molecule has 0 radical (unpaired) electrons. The summed E-state index contributed by atoms with van der Waals surface area (Å²) >= 11 is 0. The van der Waals surface area contributed by atoms with E-state index in [4.69, 9.17) is 14.3 Å². The van der Waals surface area contributed by atoms with Crippen molar-refractivity contribution in [2.75, 3.05) is 13.4 Å². The van der Waals surface area contributed by atoms with Gasteiger partial charge in [-0.15, -0.1) is 0 Å². The standard InChI is InChI=1S/C18H17N3O4/c1-13(15-5-3-2-4-6-15)21-25-11-18(22)20-19-10-14-7-8-16-17(9-14)24-12-23-16/h2-10H,11-12H2,1H3,(H,20,22)/b19-10+,21-13-. The fourth-order valence-electron chi connectivity index (χ4n) is 2.12. The second kappa shape index (κ2) is 7.96. The number of oxime groups is 1. The fourth-order valence-corrected chi connectivity index (χ4v) is 2.12. The van der Waals surface area contributed by atoms with Crippen LogP contribution in [-0.2, 0) is 9.63 Å². The van der Waals surface area contributed by atoms with Crippen molar-refractivity contribution in [1.82, 2.24) is 5.43 Å². The lowest BCUT2D eigenvalue weighted by Gasteiger charge is -2.02. The quantitative estimate of drug-likeness (QED) is 0.647. The molecule has 1 amide bonds. The van der Waals surface area contributed by atoms with Crippen molar-refractivity contribution in [3.63, 3.8) is 0 Å². The molecule has 0 fully saturated rings. The summed E-state index contributed by atoms with van der Waals surface area (Å²) in [5, 5.41) is 7.79. The fraction of sp³-hybridized carbons (Fsp3) is 0.167. The average Bonchev–Trinajstić information content (AvgIpc) is 3.10. The summed E-state index contributed by atoms with van der Waals surface area (Å²) < 4.78 is 10.5. The maximum Gasteiger partial charge on any atom is 0.280 e. The van der Waals surface area contributed by atoms with Gasteiger partial charge in [0, 0.05) is 0 Å². The maximum absolute atomic E-state index is 11.7. The van der Waals surface area contributed by atoms with Crippen LogP contribution >= 0.6 is 0 Å². The highest BCUT2D eigenvalue weighted by Crippen LogP contribution is 2.31. The molecule has 1 heterocycles. The number of carbonyl (C=O) groups excluding carboxylic acids is 1. The number of hydrogen-bond acceptors (Lipinski definition) is 6. The Hall–Kier alpha value is -3.35. The molecule has 3 rings (SSSR count). The Kier molecular flexibility index (Phi) is 5.26. The van der Waals surface area contributed by atoms with E-state index >= 15 is 0 Å². The molecule has 0 bridgehead atoms. The van der Waals surface area contributed by atoms with Crippen LogP contribution in [-0.4, -0.2) is 31.2 Å². The van der Waals surface area contributed by atoms with Gasteiger partial charge in [0.25, 0.3) is 5.91 Å². The van der Waals surface area contributed by atoms with Gasteiger partial charge >= 0.3 is 0 Å². The van der Waals surface area contributed by atoms with Gasteiger partial charge in [0.15, 0.2) is 18.1 Å². The molecule has 0 atom stereocenters. The molecule has 2 aromatic carbocycles. The molecule has 0 spiro atoms. The molecular weight excluding hydrogens is 322 g/mol. The van der Waals surface area contributed by atoms with Crippen LogP contribution in [0.25, 0.3) is 0 Å². The number of ether oxygens (including phenoxy) is 2. The highest BCUT2D eigenvalue weighted by atomic mass is 16.7. The summed E-state index contributed by atoms with van der Waals surface area (Å²) in [6.45, 7) is 1.81. The summed E-state index contributed by atoms with van der Waals surface area (Å²) in [6.07, 6.45) is 1.51. The van der Waals surface area contributed by atoms with E-state index in [-0.39, 0.29) is 13.4 Å². The lowest BCUT2D eigenvalue weighted by Crippen LogP contribution is -2.22. The Balaban J connectivity index is 1.45. The molecular formula is C18H17N3O4. The van der Waals surface area contributed by atoms with Crippen molar-refractivity contribution in [1.29, 1.82) is 0 Å². The van der Waals surface area contributed by atoms with Crippen LogP contribution in [0.2, 0.25) is 0 Å². The molecule has 0 aromatic heterocycles. The van der Waals surface area contributed by atoms with Crippen LogP contribution in [0.1, 0.15) is 18.1 Å². The highest BCUT2D eigenvalue weighted by Gasteiger charge is 2.12. The molecule has 25 heavy (non-hydrogen) atoms. The second-order valence-corrected chi connectivity index (χ2v) is 5.22. The number of nitrogens with zero attached hydrogens (tertiary/aromatic N) is 2. The molecule has 1 aliphatic rings. The Labute approximate surface area is 144 Å². The van der Waals surface area contributed by atoms with Gasteiger partial charge in [-0.25, -0.2) is 5.43 Å². The van der Waals surface area contributed by atoms with Crippen molar-refractivity contribution in [2.45, 2.75) is 6.92 Å². The minimum absolute atomic E-state index is 0.215. The van der Waals surface area contributed by atoms with Crippen LogP contribution < -0.4 is 14.9 Å². The molecule has 0 aliphatic carbocycles. The lowest BCUT2D eigenvalue weighted by atomic mass is 10.1. The Morgan fingerprint density at radius 3 is 2.84 bits per heavy atom. The van der Waals surface area contributed by atoms with Gasteiger partial charge < -0.3 is 14.3 Å². The molecule has 1 aliphatic heterocycles. The number of benzene rings is 2. The zero-order valence-electron chi connectivity index (χ0n) is 13.6. The van der Waals surface area contributed by atoms with Gasteiger partial charge in [-0.2, -0.15) is 5.10 Å². The van der Waals surface area contributed by atoms with Crippen molar-refractivity contribution in [3.05, 3.63) is 59.7 Å². The van der Waals surface area contributed by atoms with Gasteiger partial charge in [0.2, 0.25) is 6.79 Å². The normalized spacial score (nSPS) is 13.1. The highest BCUT2D eigenvalue weighted by molar-refractivity contribution is 5.98. The number of amides is 1. The first kappa shape index (κ1) is 16.5. The first-order valence-corrected chi connectivity index (χ1v) is 7.66. The predicted molar refractivity (Wildman–Crippen MR) is 92.9 cm³/mol. The number of nitrogens with one attached hydrogen (secondary N) is 1. The number of hydrazone groups is 1. The summed E-state index contributed by atoms with van der Waals surface area (Å²) in [7, 11) is 0. The van der Waals surface area contributed by atoms with Gasteiger partial charge in [-0.1, -0.05) is 35.5 Å². The third-order valence-corrected chi connectivity index (χ3v) is 3.39. The zero-order valence-corrected chi connectivity index (χ0v) is 13.6. The van der Waals surface area contributed by atoms with E-state index in [0.29, 0.717) is 17.2 Å². The van der Waals surface area contributed by atoms with E-state index in [0.717, 1.165) is 11.1 Å². The van der Waals surface area contributed by atoms with Crippen LogP contribution in [0.3, 0.4) is 0 Å². The van der Waals surface area contributed by atoms with Crippen molar-refractivity contribution in [3.8, 4) is 11.5 Å².